The standard InChI is InChI=1S/C17H18ClNO4/c1-11(23-14-6-4-5-13(10-14)21-2)17(20)19-12-7-8-16(22-3)15(18)9-12/h4-11H,1-3H3,(H,19,20)/t11-/m1/s1. The lowest BCUT2D eigenvalue weighted by Crippen LogP contribution is -2.30. The molecule has 0 fully saturated rings. The summed E-state index contributed by atoms with van der Waals surface area (Å²) in [6, 6.07) is 12.1. The molecular weight excluding hydrogens is 318 g/mol. The molecule has 2 aromatic carbocycles. The predicted molar refractivity (Wildman–Crippen MR) is 89.7 cm³/mol. The van der Waals surface area contributed by atoms with Crippen LogP contribution in [-0.4, -0.2) is 26.2 Å². The highest BCUT2D eigenvalue weighted by Gasteiger charge is 2.15. The quantitative estimate of drug-likeness (QED) is 0.873. The first-order chi connectivity index (χ1) is 11.0. The van der Waals surface area contributed by atoms with Crippen LogP contribution in [0.2, 0.25) is 5.02 Å². The first-order valence-corrected chi connectivity index (χ1v) is 7.36. The molecular formula is C17H18ClNO4. The molecule has 1 atom stereocenters. The van der Waals surface area contributed by atoms with Gasteiger partial charge in [-0.05, 0) is 37.3 Å². The first kappa shape index (κ1) is 17.0. The number of hydrogen-bond acceptors (Lipinski definition) is 4. The van der Waals surface area contributed by atoms with Crippen LogP contribution in [0.3, 0.4) is 0 Å². The van der Waals surface area contributed by atoms with E-state index in [1.807, 2.05) is 0 Å². The Balaban J connectivity index is 2.00. The van der Waals surface area contributed by atoms with Crippen LogP contribution in [0.15, 0.2) is 42.5 Å². The van der Waals surface area contributed by atoms with Crippen LogP contribution in [-0.2, 0) is 4.79 Å². The zero-order valence-electron chi connectivity index (χ0n) is 13.1. The Morgan fingerprint density at radius 1 is 1.09 bits per heavy atom. The lowest BCUT2D eigenvalue weighted by atomic mass is 10.2. The summed E-state index contributed by atoms with van der Waals surface area (Å²) in [7, 11) is 3.10. The van der Waals surface area contributed by atoms with Gasteiger partial charge in [-0.2, -0.15) is 0 Å². The second-order valence-electron chi connectivity index (χ2n) is 4.78. The van der Waals surface area contributed by atoms with Crippen LogP contribution >= 0.6 is 11.6 Å². The van der Waals surface area contributed by atoms with Crippen molar-refractivity contribution in [3.8, 4) is 17.2 Å². The number of amides is 1. The van der Waals surface area contributed by atoms with Gasteiger partial charge in [0.15, 0.2) is 6.10 Å². The summed E-state index contributed by atoms with van der Waals surface area (Å²) in [6.07, 6.45) is -0.678. The summed E-state index contributed by atoms with van der Waals surface area (Å²) in [6.45, 7) is 1.67. The third-order valence-electron chi connectivity index (χ3n) is 3.14. The van der Waals surface area contributed by atoms with Crippen molar-refractivity contribution >= 4 is 23.2 Å². The van der Waals surface area contributed by atoms with Gasteiger partial charge in [-0.1, -0.05) is 17.7 Å². The monoisotopic (exact) mass is 335 g/mol. The van der Waals surface area contributed by atoms with Crippen molar-refractivity contribution in [2.24, 2.45) is 0 Å². The molecule has 1 N–H and O–H groups in total. The molecule has 1 amide bonds. The number of nitrogens with one attached hydrogen (secondary N) is 1. The molecule has 0 saturated heterocycles. The Morgan fingerprint density at radius 2 is 1.83 bits per heavy atom. The SMILES string of the molecule is COc1cccc(O[C@H](C)C(=O)Nc2ccc(OC)c(Cl)c2)c1. The number of anilines is 1. The Labute approximate surface area is 140 Å². The number of halogens is 1. The Hall–Kier alpha value is -2.40. The smallest absolute Gasteiger partial charge is 0.265 e. The van der Waals surface area contributed by atoms with E-state index >= 15 is 0 Å². The number of benzene rings is 2. The molecule has 0 unspecified atom stereocenters. The van der Waals surface area contributed by atoms with Crippen LogP contribution in [0.1, 0.15) is 6.92 Å². The Morgan fingerprint density at radius 3 is 2.48 bits per heavy atom. The van der Waals surface area contributed by atoms with Crippen molar-refractivity contribution in [2.75, 3.05) is 19.5 Å². The minimum atomic E-state index is -0.678. The van der Waals surface area contributed by atoms with E-state index < -0.39 is 6.10 Å². The van der Waals surface area contributed by atoms with E-state index in [4.69, 9.17) is 25.8 Å². The van der Waals surface area contributed by atoms with E-state index in [2.05, 4.69) is 5.32 Å². The van der Waals surface area contributed by atoms with Crippen molar-refractivity contribution in [3.63, 3.8) is 0 Å². The summed E-state index contributed by atoms with van der Waals surface area (Å²) >= 11 is 6.03. The van der Waals surface area contributed by atoms with E-state index in [0.717, 1.165) is 0 Å². The largest absolute Gasteiger partial charge is 0.497 e. The maximum Gasteiger partial charge on any atom is 0.265 e. The fraction of sp³-hybridized carbons (Fsp3) is 0.235. The van der Waals surface area contributed by atoms with E-state index in [0.29, 0.717) is 28.0 Å². The topological polar surface area (TPSA) is 56.8 Å². The van der Waals surface area contributed by atoms with Gasteiger partial charge in [0.25, 0.3) is 5.91 Å². The van der Waals surface area contributed by atoms with Crippen LogP contribution in [0.5, 0.6) is 17.2 Å². The van der Waals surface area contributed by atoms with Crippen LogP contribution in [0.25, 0.3) is 0 Å². The van der Waals surface area contributed by atoms with Crippen molar-refractivity contribution in [3.05, 3.63) is 47.5 Å². The van der Waals surface area contributed by atoms with Gasteiger partial charge < -0.3 is 19.5 Å². The Bertz CT molecular complexity index is 690. The predicted octanol–water partition coefficient (Wildman–Crippen LogP) is 3.76. The summed E-state index contributed by atoms with van der Waals surface area (Å²) in [5, 5.41) is 3.17. The Kier molecular flexibility index (Phi) is 5.71. The van der Waals surface area contributed by atoms with E-state index in [-0.39, 0.29) is 5.91 Å². The molecule has 0 spiro atoms. The highest BCUT2D eigenvalue weighted by molar-refractivity contribution is 6.32. The van der Waals surface area contributed by atoms with E-state index in [9.17, 15) is 4.79 Å². The highest BCUT2D eigenvalue weighted by Crippen LogP contribution is 2.27. The molecule has 0 aliphatic rings. The minimum Gasteiger partial charge on any atom is -0.497 e. The molecule has 2 rings (SSSR count). The summed E-state index contributed by atoms with van der Waals surface area (Å²) in [5.41, 5.74) is 0.571. The van der Waals surface area contributed by atoms with Crippen LogP contribution in [0.4, 0.5) is 5.69 Å². The van der Waals surface area contributed by atoms with Gasteiger partial charge in [0.1, 0.15) is 17.2 Å². The first-order valence-electron chi connectivity index (χ1n) is 6.98. The second kappa shape index (κ2) is 7.74. The maximum atomic E-state index is 12.2. The van der Waals surface area contributed by atoms with Crippen molar-refractivity contribution in [2.45, 2.75) is 13.0 Å². The molecule has 0 radical (unpaired) electrons. The summed E-state index contributed by atoms with van der Waals surface area (Å²) in [4.78, 5) is 12.2. The second-order valence-corrected chi connectivity index (χ2v) is 5.18. The molecule has 0 bridgehead atoms. The van der Waals surface area contributed by atoms with Gasteiger partial charge in [-0.25, -0.2) is 0 Å². The third kappa shape index (κ3) is 4.53. The van der Waals surface area contributed by atoms with Crippen LogP contribution in [0, 0.1) is 0 Å². The van der Waals surface area contributed by atoms with E-state index in [1.165, 1.54) is 7.11 Å². The number of hydrogen-bond donors (Lipinski definition) is 1. The molecule has 0 saturated carbocycles. The van der Waals surface area contributed by atoms with Gasteiger partial charge in [0.2, 0.25) is 0 Å². The number of carbonyl (C=O) groups excluding carboxylic acids is 1. The van der Waals surface area contributed by atoms with Crippen molar-refractivity contribution < 1.29 is 19.0 Å². The average molecular weight is 336 g/mol. The van der Waals surface area contributed by atoms with Crippen molar-refractivity contribution in [1.82, 2.24) is 0 Å². The molecule has 5 nitrogen and oxygen atoms in total. The van der Waals surface area contributed by atoms with Gasteiger partial charge >= 0.3 is 0 Å². The lowest BCUT2D eigenvalue weighted by Gasteiger charge is -2.15. The molecule has 2 aromatic rings. The highest BCUT2D eigenvalue weighted by atomic mass is 35.5. The number of carbonyl (C=O) groups is 1. The zero-order valence-corrected chi connectivity index (χ0v) is 13.9. The lowest BCUT2D eigenvalue weighted by molar-refractivity contribution is -0.122. The molecule has 122 valence electrons. The molecule has 0 heterocycles. The zero-order chi connectivity index (χ0) is 16.8. The van der Waals surface area contributed by atoms with E-state index in [1.54, 1.807) is 56.5 Å². The number of ether oxygens (including phenoxy) is 3. The third-order valence-corrected chi connectivity index (χ3v) is 3.44. The van der Waals surface area contributed by atoms with Gasteiger partial charge in [-0.15, -0.1) is 0 Å². The summed E-state index contributed by atoms with van der Waals surface area (Å²) in [5.74, 6) is 1.48. The normalized spacial score (nSPS) is 11.5. The number of rotatable bonds is 6. The molecule has 23 heavy (non-hydrogen) atoms. The maximum absolute atomic E-state index is 12.2. The van der Waals surface area contributed by atoms with Crippen LogP contribution < -0.4 is 19.5 Å². The molecule has 0 aliphatic heterocycles. The van der Waals surface area contributed by atoms with Gasteiger partial charge in [-0.3, -0.25) is 4.79 Å². The number of methoxy groups -OCH3 is 2. The molecule has 6 heteroatoms. The average Bonchev–Trinajstić information content (AvgIpc) is 2.55. The van der Waals surface area contributed by atoms with Crippen molar-refractivity contribution in [1.29, 1.82) is 0 Å². The molecule has 0 aliphatic carbocycles. The molecule has 0 aromatic heterocycles. The van der Waals surface area contributed by atoms with Gasteiger partial charge in [0, 0.05) is 11.8 Å². The fourth-order valence-corrected chi connectivity index (χ4v) is 2.18. The minimum absolute atomic E-state index is 0.283. The van der Waals surface area contributed by atoms with Gasteiger partial charge in [0.05, 0.1) is 19.2 Å². The summed E-state index contributed by atoms with van der Waals surface area (Å²) < 4.78 is 15.8. The fourth-order valence-electron chi connectivity index (χ4n) is 1.92.